The lowest BCUT2D eigenvalue weighted by Crippen LogP contribution is -2.12. The lowest BCUT2D eigenvalue weighted by Gasteiger charge is -2.07. The van der Waals surface area contributed by atoms with E-state index in [1.54, 1.807) is 44.6 Å². The molecule has 3 rings (SSSR count). The summed E-state index contributed by atoms with van der Waals surface area (Å²) >= 11 is 0. The average Bonchev–Trinajstić information content (AvgIpc) is 3.13. The number of rotatable bonds is 5. The lowest BCUT2D eigenvalue weighted by atomic mass is 10.1. The van der Waals surface area contributed by atoms with Gasteiger partial charge in [0.1, 0.15) is 11.5 Å². The molecule has 3 aromatic rings. The number of methoxy groups -OCH3 is 1. The number of carbonyl (C=O) groups is 2. The largest absolute Gasteiger partial charge is 0.497 e. The van der Waals surface area contributed by atoms with Crippen molar-refractivity contribution in [2.45, 2.75) is 6.92 Å². The van der Waals surface area contributed by atoms with E-state index in [0.717, 1.165) is 11.4 Å². The van der Waals surface area contributed by atoms with Gasteiger partial charge >= 0.3 is 5.97 Å². The van der Waals surface area contributed by atoms with E-state index in [2.05, 4.69) is 0 Å². The summed E-state index contributed by atoms with van der Waals surface area (Å²) < 4.78 is 12.4. The maximum atomic E-state index is 12.4. The van der Waals surface area contributed by atoms with Gasteiger partial charge in [-0.3, -0.25) is 4.79 Å². The van der Waals surface area contributed by atoms with E-state index >= 15 is 0 Å². The van der Waals surface area contributed by atoms with Crippen molar-refractivity contribution in [3.05, 3.63) is 77.6 Å². The molecule has 1 heterocycles. The second-order valence-corrected chi connectivity index (χ2v) is 5.74. The number of aryl methyl sites for hydroxylation is 1. The Morgan fingerprint density at radius 3 is 2.35 bits per heavy atom. The molecule has 0 aliphatic heterocycles. The van der Waals surface area contributed by atoms with Gasteiger partial charge in [0.2, 0.25) is 5.91 Å². The maximum Gasteiger partial charge on any atom is 0.345 e. The number of nitrogens with two attached hydrogens (primary N) is 1. The Labute approximate surface area is 150 Å². The molecule has 26 heavy (non-hydrogen) atoms. The predicted molar refractivity (Wildman–Crippen MR) is 97.0 cm³/mol. The second kappa shape index (κ2) is 7.14. The van der Waals surface area contributed by atoms with E-state index in [1.807, 2.05) is 28.8 Å². The fourth-order valence-corrected chi connectivity index (χ4v) is 2.51. The second-order valence-electron chi connectivity index (χ2n) is 5.74. The number of amides is 1. The van der Waals surface area contributed by atoms with Crippen molar-refractivity contribution in [3.63, 3.8) is 0 Å². The van der Waals surface area contributed by atoms with Crippen molar-refractivity contribution >= 4 is 11.9 Å². The van der Waals surface area contributed by atoms with Crippen LogP contribution in [0.25, 0.3) is 5.69 Å². The van der Waals surface area contributed by atoms with E-state index in [-0.39, 0.29) is 0 Å². The van der Waals surface area contributed by atoms with Crippen molar-refractivity contribution in [3.8, 4) is 17.2 Å². The SMILES string of the molecule is COc1ccc(-n2ccc(C(=O)Oc3ccc(C(N)=O)cc3C)c2)cc1. The molecule has 0 aliphatic carbocycles. The molecule has 0 bridgehead atoms. The highest BCUT2D eigenvalue weighted by Gasteiger charge is 2.13. The summed E-state index contributed by atoms with van der Waals surface area (Å²) in [5.74, 6) is 0.141. The Morgan fingerprint density at radius 1 is 1.00 bits per heavy atom. The third-order valence-electron chi connectivity index (χ3n) is 3.96. The normalized spacial score (nSPS) is 10.4. The Kier molecular flexibility index (Phi) is 4.75. The van der Waals surface area contributed by atoms with Gasteiger partial charge in [-0.15, -0.1) is 0 Å². The van der Waals surface area contributed by atoms with Gasteiger partial charge in [0.05, 0.1) is 12.7 Å². The molecule has 2 N–H and O–H groups in total. The molecule has 6 heteroatoms. The van der Waals surface area contributed by atoms with Crippen LogP contribution in [0.15, 0.2) is 60.9 Å². The van der Waals surface area contributed by atoms with Crippen LogP contribution in [0.3, 0.4) is 0 Å². The Balaban J connectivity index is 1.76. The van der Waals surface area contributed by atoms with E-state index in [9.17, 15) is 9.59 Å². The van der Waals surface area contributed by atoms with Gasteiger partial charge in [-0.2, -0.15) is 0 Å². The summed E-state index contributed by atoms with van der Waals surface area (Å²) in [4.78, 5) is 23.6. The topological polar surface area (TPSA) is 83.6 Å². The lowest BCUT2D eigenvalue weighted by molar-refractivity contribution is 0.0733. The molecule has 0 saturated carbocycles. The number of carbonyl (C=O) groups excluding carboxylic acids is 2. The Hall–Kier alpha value is -3.54. The minimum absolute atomic E-state index is 0.368. The molecule has 1 aromatic heterocycles. The summed E-state index contributed by atoms with van der Waals surface area (Å²) in [5.41, 5.74) is 7.58. The fourth-order valence-electron chi connectivity index (χ4n) is 2.51. The molecular formula is C20H18N2O4. The first-order chi connectivity index (χ1) is 12.5. The van der Waals surface area contributed by atoms with Crippen LogP contribution in [0, 0.1) is 6.92 Å². The number of nitrogens with zero attached hydrogens (tertiary/aromatic N) is 1. The number of benzene rings is 2. The number of ether oxygens (including phenoxy) is 2. The Morgan fingerprint density at radius 2 is 1.73 bits per heavy atom. The standard InChI is InChI=1S/C20H18N2O4/c1-13-11-14(19(21)23)3-8-18(13)26-20(24)15-9-10-22(12-15)16-4-6-17(25-2)7-5-16/h3-12H,1-2H3,(H2,21,23). The molecule has 132 valence electrons. The maximum absolute atomic E-state index is 12.4. The molecule has 2 aromatic carbocycles. The summed E-state index contributed by atoms with van der Waals surface area (Å²) in [6, 6.07) is 13.8. The van der Waals surface area contributed by atoms with Crippen molar-refractivity contribution < 1.29 is 19.1 Å². The van der Waals surface area contributed by atoms with Crippen LogP contribution in [0.5, 0.6) is 11.5 Å². The first-order valence-corrected chi connectivity index (χ1v) is 7.93. The van der Waals surface area contributed by atoms with Gasteiger partial charge in [-0.1, -0.05) is 0 Å². The molecule has 0 atom stereocenters. The van der Waals surface area contributed by atoms with Crippen molar-refractivity contribution in [1.29, 1.82) is 0 Å². The van der Waals surface area contributed by atoms with Gasteiger partial charge in [0.25, 0.3) is 0 Å². The summed E-state index contributed by atoms with van der Waals surface area (Å²) in [6.07, 6.45) is 3.47. The molecule has 1 amide bonds. The van der Waals surface area contributed by atoms with Crippen LogP contribution in [0.2, 0.25) is 0 Å². The zero-order chi connectivity index (χ0) is 18.7. The summed E-state index contributed by atoms with van der Waals surface area (Å²) in [6.45, 7) is 1.75. The molecule has 0 saturated heterocycles. The third kappa shape index (κ3) is 3.59. The molecule has 0 radical (unpaired) electrons. The Bertz CT molecular complexity index is 958. The highest BCUT2D eigenvalue weighted by Crippen LogP contribution is 2.21. The monoisotopic (exact) mass is 350 g/mol. The molecule has 6 nitrogen and oxygen atoms in total. The zero-order valence-electron chi connectivity index (χ0n) is 14.4. The first kappa shape index (κ1) is 17.3. The van der Waals surface area contributed by atoms with Gasteiger partial charge in [0.15, 0.2) is 0 Å². The number of aromatic nitrogens is 1. The van der Waals surface area contributed by atoms with Crippen LogP contribution in [-0.4, -0.2) is 23.6 Å². The van der Waals surface area contributed by atoms with Crippen LogP contribution in [0.4, 0.5) is 0 Å². The molecule has 0 spiro atoms. The molecular weight excluding hydrogens is 332 g/mol. The first-order valence-electron chi connectivity index (χ1n) is 7.93. The fraction of sp³-hybridized carbons (Fsp3) is 0.100. The van der Waals surface area contributed by atoms with Gasteiger partial charge < -0.3 is 19.8 Å². The quantitative estimate of drug-likeness (QED) is 0.566. The molecule has 0 fully saturated rings. The zero-order valence-corrected chi connectivity index (χ0v) is 14.4. The number of hydrogen-bond acceptors (Lipinski definition) is 4. The van der Waals surface area contributed by atoms with Crippen LogP contribution in [-0.2, 0) is 0 Å². The summed E-state index contributed by atoms with van der Waals surface area (Å²) in [7, 11) is 1.61. The van der Waals surface area contributed by atoms with Crippen molar-refractivity contribution in [1.82, 2.24) is 4.57 Å². The molecule has 0 aliphatic rings. The van der Waals surface area contributed by atoms with Crippen molar-refractivity contribution in [2.24, 2.45) is 5.73 Å². The number of hydrogen-bond donors (Lipinski definition) is 1. The highest BCUT2D eigenvalue weighted by molar-refractivity contribution is 5.94. The van der Waals surface area contributed by atoms with E-state index in [4.69, 9.17) is 15.2 Å². The van der Waals surface area contributed by atoms with E-state index in [1.165, 1.54) is 6.07 Å². The van der Waals surface area contributed by atoms with Crippen LogP contribution < -0.4 is 15.2 Å². The van der Waals surface area contributed by atoms with Gasteiger partial charge in [-0.05, 0) is 61.0 Å². The van der Waals surface area contributed by atoms with Crippen molar-refractivity contribution in [2.75, 3.05) is 7.11 Å². The number of primary amides is 1. The smallest absolute Gasteiger partial charge is 0.345 e. The van der Waals surface area contributed by atoms with Crippen LogP contribution >= 0.6 is 0 Å². The minimum atomic E-state index is -0.525. The average molecular weight is 350 g/mol. The predicted octanol–water partition coefficient (Wildman–Crippen LogP) is 3.11. The van der Waals surface area contributed by atoms with E-state index < -0.39 is 11.9 Å². The van der Waals surface area contributed by atoms with Gasteiger partial charge in [-0.25, -0.2) is 4.79 Å². The highest BCUT2D eigenvalue weighted by atomic mass is 16.5. The minimum Gasteiger partial charge on any atom is -0.497 e. The number of esters is 1. The van der Waals surface area contributed by atoms with E-state index in [0.29, 0.717) is 22.4 Å². The molecule has 0 unspecified atom stereocenters. The van der Waals surface area contributed by atoms with Gasteiger partial charge in [0, 0.05) is 23.6 Å². The van der Waals surface area contributed by atoms with Crippen LogP contribution in [0.1, 0.15) is 26.3 Å². The summed E-state index contributed by atoms with van der Waals surface area (Å²) in [5, 5.41) is 0. The third-order valence-corrected chi connectivity index (χ3v) is 3.96.